The van der Waals surface area contributed by atoms with E-state index in [1.807, 2.05) is 0 Å². The van der Waals surface area contributed by atoms with Crippen molar-refractivity contribution >= 4 is 11.9 Å². The Kier molecular flexibility index (Phi) is 4.39. The van der Waals surface area contributed by atoms with Gasteiger partial charge in [-0.25, -0.2) is 8.78 Å². The number of hydrogen-bond donors (Lipinski definition) is 0. The minimum atomic E-state index is -2.21. The quantitative estimate of drug-likeness (QED) is 0.683. The Morgan fingerprint density at radius 3 is 2.00 bits per heavy atom. The molecule has 0 aliphatic carbocycles. The monoisotopic (exact) mass is 252 g/mol. The van der Waals surface area contributed by atoms with E-state index >= 15 is 0 Å². The Balaban J connectivity index is 2.86. The van der Waals surface area contributed by atoms with Crippen LogP contribution in [0.3, 0.4) is 0 Å². The highest BCUT2D eigenvalue weighted by molar-refractivity contribution is 5.67. The summed E-state index contributed by atoms with van der Waals surface area (Å²) in [6.07, 6.45) is -7.93. The summed E-state index contributed by atoms with van der Waals surface area (Å²) in [5.74, 6) is -1.47. The molecular weight excluding hydrogens is 238 g/mol. The first-order valence-corrected chi connectivity index (χ1v) is 5.11. The van der Waals surface area contributed by atoms with Crippen molar-refractivity contribution in [2.45, 2.75) is 51.6 Å². The van der Waals surface area contributed by atoms with Crippen molar-refractivity contribution in [2.75, 3.05) is 0 Å². The van der Waals surface area contributed by atoms with Gasteiger partial charge in [0.2, 0.25) is 6.36 Å². The van der Waals surface area contributed by atoms with Crippen LogP contribution in [-0.2, 0) is 23.8 Å². The molecule has 1 saturated heterocycles. The van der Waals surface area contributed by atoms with Crippen LogP contribution in [0.2, 0.25) is 0 Å². The van der Waals surface area contributed by atoms with Crippen molar-refractivity contribution in [3.8, 4) is 0 Å². The van der Waals surface area contributed by atoms with Gasteiger partial charge < -0.3 is 14.2 Å². The fourth-order valence-corrected chi connectivity index (χ4v) is 1.63. The maximum absolute atomic E-state index is 13.5. The van der Waals surface area contributed by atoms with E-state index in [9.17, 15) is 18.4 Å². The van der Waals surface area contributed by atoms with Crippen molar-refractivity contribution in [2.24, 2.45) is 0 Å². The van der Waals surface area contributed by atoms with Crippen molar-refractivity contribution < 1.29 is 32.6 Å². The second-order valence-electron chi connectivity index (χ2n) is 3.78. The number of ether oxygens (including phenoxy) is 3. The minimum Gasteiger partial charge on any atom is -0.456 e. The third-order valence-corrected chi connectivity index (χ3v) is 2.30. The third kappa shape index (κ3) is 3.36. The fourth-order valence-electron chi connectivity index (χ4n) is 1.63. The van der Waals surface area contributed by atoms with Gasteiger partial charge in [0.1, 0.15) is 0 Å². The lowest BCUT2D eigenvalue weighted by atomic mass is 10.0. The molecule has 5 nitrogen and oxygen atoms in total. The number of carbonyl (C=O) groups is 2. The van der Waals surface area contributed by atoms with Gasteiger partial charge in [-0.2, -0.15) is 0 Å². The topological polar surface area (TPSA) is 61.8 Å². The van der Waals surface area contributed by atoms with Crippen LogP contribution in [-0.4, -0.2) is 42.8 Å². The SMILES string of the molecule is CC(=O)O[C@@H]1[C@H](OC(C)=O)[C@H](C)OC(F)[C@H]1F. The van der Waals surface area contributed by atoms with Crippen LogP contribution in [0.5, 0.6) is 0 Å². The molecule has 0 saturated carbocycles. The van der Waals surface area contributed by atoms with Crippen LogP contribution in [0.15, 0.2) is 0 Å². The minimum absolute atomic E-state index is 0.688. The van der Waals surface area contributed by atoms with E-state index in [0.717, 1.165) is 13.8 Å². The second kappa shape index (κ2) is 5.39. The Labute approximate surface area is 97.0 Å². The van der Waals surface area contributed by atoms with Gasteiger partial charge in [0.15, 0.2) is 18.4 Å². The molecule has 98 valence electrons. The van der Waals surface area contributed by atoms with Crippen molar-refractivity contribution in [3.05, 3.63) is 0 Å². The van der Waals surface area contributed by atoms with Crippen LogP contribution in [0.4, 0.5) is 8.78 Å². The number of halogens is 2. The van der Waals surface area contributed by atoms with Gasteiger partial charge in [0, 0.05) is 13.8 Å². The molecule has 5 atom stereocenters. The van der Waals surface area contributed by atoms with Crippen LogP contribution in [0.25, 0.3) is 0 Å². The van der Waals surface area contributed by atoms with Crippen molar-refractivity contribution in [1.82, 2.24) is 0 Å². The molecule has 1 heterocycles. The summed E-state index contributed by atoms with van der Waals surface area (Å²) in [5.41, 5.74) is 0. The van der Waals surface area contributed by atoms with Gasteiger partial charge in [0.25, 0.3) is 0 Å². The van der Waals surface area contributed by atoms with E-state index < -0.39 is 42.8 Å². The highest BCUT2D eigenvalue weighted by Crippen LogP contribution is 2.28. The van der Waals surface area contributed by atoms with Crippen LogP contribution in [0.1, 0.15) is 20.8 Å². The summed E-state index contributed by atoms with van der Waals surface area (Å²) in [4.78, 5) is 21.7. The Morgan fingerprint density at radius 2 is 1.53 bits per heavy atom. The molecule has 1 aliphatic rings. The molecule has 7 heteroatoms. The lowest BCUT2D eigenvalue weighted by Crippen LogP contribution is -2.56. The lowest BCUT2D eigenvalue weighted by Gasteiger charge is -2.38. The summed E-state index contributed by atoms with van der Waals surface area (Å²) in [5, 5.41) is 0. The summed E-state index contributed by atoms with van der Waals surface area (Å²) in [7, 11) is 0. The van der Waals surface area contributed by atoms with E-state index in [1.54, 1.807) is 0 Å². The van der Waals surface area contributed by atoms with E-state index in [1.165, 1.54) is 6.92 Å². The molecule has 17 heavy (non-hydrogen) atoms. The van der Waals surface area contributed by atoms with Crippen LogP contribution < -0.4 is 0 Å². The maximum atomic E-state index is 13.5. The first-order valence-electron chi connectivity index (χ1n) is 5.11. The van der Waals surface area contributed by atoms with E-state index in [0.29, 0.717) is 0 Å². The van der Waals surface area contributed by atoms with Crippen molar-refractivity contribution in [3.63, 3.8) is 0 Å². The van der Waals surface area contributed by atoms with E-state index in [4.69, 9.17) is 4.74 Å². The molecule has 1 unspecified atom stereocenters. The zero-order chi connectivity index (χ0) is 13.2. The molecule has 0 bridgehead atoms. The molecule has 1 fully saturated rings. The molecule has 1 rings (SSSR count). The zero-order valence-electron chi connectivity index (χ0n) is 9.68. The highest BCUT2D eigenvalue weighted by atomic mass is 19.2. The standard InChI is InChI=1S/C10H14F2O5/c1-4-8(16-5(2)13)9(17-6(3)14)7(11)10(12)15-4/h4,7-10H,1-3H3/t4-,7-,8+,9-,10?/m0/s1. The predicted molar refractivity (Wildman–Crippen MR) is 51.4 cm³/mol. The maximum Gasteiger partial charge on any atom is 0.303 e. The number of hydrogen-bond acceptors (Lipinski definition) is 5. The first-order chi connectivity index (χ1) is 7.82. The molecule has 0 aromatic heterocycles. The molecule has 0 radical (unpaired) electrons. The molecule has 0 N–H and O–H groups in total. The summed E-state index contributed by atoms with van der Waals surface area (Å²) in [6.45, 7) is 3.58. The largest absolute Gasteiger partial charge is 0.456 e. The normalized spacial score (nSPS) is 37.4. The Morgan fingerprint density at radius 1 is 1.06 bits per heavy atom. The summed E-state index contributed by atoms with van der Waals surface area (Å²) >= 11 is 0. The first kappa shape index (κ1) is 13.8. The molecular formula is C10H14F2O5. The Bertz CT molecular complexity index is 309. The summed E-state index contributed by atoms with van der Waals surface area (Å²) < 4.78 is 40.7. The summed E-state index contributed by atoms with van der Waals surface area (Å²) in [6, 6.07) is 0. The number of carbonyl (C=O) groups excluding carboxylic acids is 2. The van der Waals surface area contributed by atoms with E-state index in [-0.39, 0.29) is 0 Å². The molecule has 1 aliphatic heterocycles. The fraction of sp³-hybridized carbons (Fsp3) is 0.800. The smallest absolute Gasteiger partial charge is 0.303 e. The lowest BCUT2D eigenvalue weighted by molar-refractivity contribution is -0.249. The van der Waals surface area contributed by atoms with Crippen LogP contribution in [0, 0.1) is 0 Å². The number of alkyl halides is 2. The average Bonchev–Trinajstić information content (AvgIpc) is 2.19. The van der Waals surface area contributed by atoms with Gasteiger partial charge >= 0.3 is 11.9 Å². The average molecular weight is 252 g/mol. The highest BCUT2D eigenvalue weighted by Gasteiger charge is 2.49. The Hall–Kier alpha value is -1.24. The van der Waals surface area contributed by atoms with Gasteiger partial charge in [0.05, 0.1) is 6.10 Å². The third-order valence-electron chi connectivity index (χ3n) is 2.30. The van der Waals surface area contributed by atoms with Crippen molar-refractivity contribution in [1.29, 1.82) is 0 Å². The second-order valence-corrected chi connectivity index (χ2v) is 3.78. The molecule has 0 spiro atoms. The number of rotatable bonds is 2. The van der Waals surface area contributed by atoms with Crippen LogP contribution >= 0.6 is 0 Å². The van der Waals surface area contributed by atoms with Gasteiger partial charge in [-0.3, -0.25) is 9.59 Å². The van der Waals surface area contributed by atoms with E-state index in [2.05, 4.69) is 9.47 Å². The predicted octanol–water partition coefficient (Wildman–Crippen LogP) is 0.902. The van der Waals surface area contributed by atoms with Gasteiger partial charge in [-0.15, -0.1) is 0 Å². The van der Waals surface area contributed by atoms with Gasteiger partial charge in [-0.1, -0.05) is 0 Å². The molecule has 0 amide bonds. The molecule has 0 aromatic carbocycles. The zero-order valence-corrected chi connectivity index (χ0v) is 9.68. The molecule has 0 aromatic rings. The number of esters is 2. The van der Waals surface area contributed by atoms with Gasteiger partial charge in [-0.05, 0) is 6.92 Å².